The van der Waals surface area contributed by atoms with Crippen LogP contribution in [0.3, 0.4) is 0 Å². The zero-order chi connectivity index (χ0) is 12.6. The number of ether oxygens (including phenoxy) is 1. The van der Waals surface area contributed by atoms with Gasteiger partial charge in [0.2, 0.25) is 0 Å². The summed E-state index contributed by atoms with van der Waals surface area (Å²) in [6.07, 6.45) is 10.2. The molecule has 0 bridgehead atoms. The van der Waals surface area contributed by atoms with E-state index < -0.39 is 0 Å². The van der Waals surface area contributed by atoms with E-state index in [0.717, 1.165) is 64.6 Å². The second-order valence-corrected chi connectivity index (χ2v) is 4.53. The Morgan fingerprint density at radius 2 is 0.824 bits per heavy atom. The topological polar surface area (TPSA) is 9.23 Å². The summed E-state index contributed by atoms with van der Waals surface area (Å²) in [5, 5.41) is 0. The molecule has 0 N–H and O–H groups in total. The third-order valence-corrected chi connectivity index (χ3v) is 2.84. The average Bonchev–Trinajstić information content (AvgIpc) is 2.35. The van der Waals surface area contributed by atoms with Crippen molar-refractivity contribution in [1.82, 2.24) is 0 Å². The first kappa shape index (κ1) is 16.8. The quantitative estimate of drug-likeness (QED) is 0.401. The van der Waals surface area contributed by atoms with Gasteiger partial charge in [-0.25, -0.2) is 0 Å². The van der Waals surface area contributed by atoms with E-state index >= 15 is 0 Å². The number of unbranched alkanes of at least 4 members (excludes halogenated alkanes) is 8. The zero-order valence-corrected chi connectivity index (χ0v) is 11.1. The normalized spacial score (nSPS) is 10.9. The van der Waals surface area contributed by atoms with Gasteiger partial charge in [0, 0.05) is 13.2 Å². The number of alkyl halides is 2. The van der Waals surface area contributed by atoms with Crippen LogP contribution >= 0.6 is 0 Å². The van der Waals surface area contributed by atoms with Crippen molar-refractivity contribution in [1.29, 1.82) is 0 Å². The fourth-order valence-electron chi connectivity index (χ4n) is 1.76. The lowest BCUT2D eigenvalue weighted by Crippen LogP contribution is -1.97. The number of rotatable bonds is 14. The van der Waals surface area contributed by atoms with Crippen molar-refractivity contribution in [2.75, 3.05) is 26.6 Å². The zero-order valence-electron chi connectivity index (χ0n) is 11.1. The molecular weight excluding hydrogens is 222 g/mol. The van der Waals surface area contributed by atoms with E-state index in [9.17, 15) is 8.78 Å². The lowest BCUT2D eigenvalue weighted by Gasteiger charge is -2.04. The molecule has 0 fully saturated rings. The van der Waals surface area contributed by atoms with E-state index in [1.54, 1.807) is 0 Å². The van der Waals surface area contributed by atoms with E-state index in [1.807, 2.05) is 0 Å². The van der Waals surface area contributed by atoms with Gasteiger partial charge in [-0.2, -0.15) is 0 Å². The van der Waals surface area contributed by atoms with Gasteiger partial charge in [0.05, 0.1) is 13.3 Å². The van der Waals surface area contributed by atoms with Crippen LogP contribution < -0.4 is 0 Å². The standard InChI is InChI=1S/C14H28F2O/c15-11-7-3-1-5-9-13-17-14-10-6-2-4-8-12-16/h1-14H2. The molecule has 0 aliphatic heterocycles. The molecular formula is C14H28F2O. The molecule has 0 aromatic carbocycles. The molecule has 17 heavy (non-hydrogen) atoms. The molecule has 0 rings (SSSR count). The molecule has 0 saturated carbocycles. The van der Waals surface area contributed by atoms with Crippen LogP contribution in [0.5, 0.6) is 0 Å². The number of halogens is 2. The smallest absolute Gasteiger partial charge is 0.0894 e. The predicted molar refractivity (Wildman–Crippen MR) is 68.9 cm³/mol. The van der Waals surface area contributed by atoms with E-state index in [1.165, 1.54) is 0 Å². The monoisotopic (exact) mass is 250 g/mol. The van der Waals surface area contributed by atoms with Crippen LogP contribution in [0.4, 0.5) is 8.78 Å². The van der Waals surface area contributed by atoms with E-state index in [-0.39, 0.29) is 13.3 Å². The van der Waals surface area contributed by atoms with Crippen LogP contribution in [0.15, 0.2) is 0 Å². The highest BCUT2D eigenvalue weighted by Gasteiger charge is 1.93. The summed E-state index contributed by atoms with van der Waals surface area (Å²) in [5.74, 6) is 0. The van der Waals surface area contributed by atoms with Crippen molar-refractivity contribution < 1.29 is 13.5 Å². The first-order chi connectivity index (χ1) is 8.41. The van der Waals surface area contributed by atoms with Crippen molar-refractivity contribution in [3.05, 3.63) is 0 Å². The van der Waals surface area contributed by atoms with Crippen molar-refractivity contribution in [3.63, 3.8) is 0 Å². The fourth-order valence-corrected chi connectivity index (χ4v) is 1.76. The molecule has 0 unspecified atom stereocenters. The Balaban J connectivity index is 2.85. The lowest BCUT2D eigenvalue weighted by atomic mass is 10.1. The van der Waals surface area contributed by atoms with Gasteiger partial charge in [-0.3, -0.25) is 8.78 Å². The summed E-state index contributed by atoms with van der Waals surface area (Å²) < 4.78 is 29.0. The Hall–Kier alpha value is -0.180. The van der Waals surface area contributed by atoms with Crippen LogP contribution in [0.2, 0.25) is 0 Å². The molecule has 0 radical (unpaired) electrons. The van der Waals surface area contributed by atoms with Crippen LogP contribution in [0.1, 0.15) is 64.2 Å². The van der Waals surface area contributed by atoms with Gasteiger partial charge in [0.25, 0.3) is 0 Å². The van der Waals surface area contributed by atoms with Gasteiger partial charge >= 0.3 is 0 Å². The summed E-state index contributed by atoms with van der Waals surface area (Å²) in [7, 11) is 0. The first-order valence-electron chi connectivity index (χ1n) is 7.11. The second-order valence-electron chi connectivity index (χ2n) is 4.53. The van der Waals surface area contributed by atoms with Crippen molar-refractivity contribution in [2.24, 2.45) is 0 Å². The molecule has 0 spiro atoms. The largest absolute Gasteiger partial charge is 0.381 e. The Bertz CT molecular complexity index is 117. The second kappa shape index (κ2) is 15.8. The van der Waals surface area contributed by atoms with Crippen LogP contribution in [-0.4, -0.2) is 26.6 Å². The molecule has 0 aliphatic carbocycles. The summed E-state index contributed by atoms with van der Waals surface area (Å²) >= 11 is 0. The Kier molecular flexibility index (Phi) is 15.7. The minimum Gasteiger partial charge on any atom is -0.381 e. The molecule has 3 heteroatoms. The Labute approximate surface area is 105 Å². The minimum absolute atomic E-state index is 0.182. The van der Waals surface area contributed by atoms with E-state index in [2.05, 4.69) is 0 Å². The highest BCUT2D eigenvalue weighted by atomic mass is 19.1. The molecule has 104 valence electrons. The molecule has 0 amide bonds. The molecule has 0 aliphatic rings. The number of hydrogen-bond acceptors (Lipinski definition) is 1. The van der Waals surface area contributed by atoms with Gasteiger partial charge in [0.15, 0.2) is 0 Å². The van der Waals surface area contributed by atoms with E-state index in [0.29, 0.717) is 12.8 Å². The van der Waals surface area contributed by atoms with Crippen molar-refractivity contribution in [3.8, 4) is 0 Å². The first-order valence-corrected chi connectivity index (χ1v) is 7.11. The van der Waals surface area contributed by atoms with Crippen molar-refractivity contribution in [2.45, 2.75) is 64.2 Å². The predicted octanol–water partition coefficient (Wildman–Crippen LogP) is 4.84. The van der Waals surface area contributed by atoms with Crippen LogP contribution in [-0.2, 0) is 4.74 Å². The van der Waals surface area contributed by atoms with Gasteiger partial charge in [-0.05, 0) is 25.7 Å². The molecule has 1 nitrogen and oxygen atoms in total. The summed E-state index contributed by atoms with van der Waals surface area (Å²) in [4.78, 5) is 0. The maximum Gasteiger partial charge on any atom is 0.0894 e. The van der Waals surface area contributed by atoms with Crippen LogP contribution in [0, 0.1) is 0 Å². The van der Waals surface area contributed by atoms with Gasteiger partial charge in [-0.15, -0.1) is 0 Å². The molecule has 0 heterocycles. The molecule has 0 aromatic heterocycles. The summed E-state index contributed by atoms with van der Waals surface area (Å²) in [5.41, 5.74) is 0. The third kappa shape index (κ3) is 15.8. The maximum atomic E-state index is 11.8. The molecule has 0 aromatic rings. The SMILES string of the molecule is FCCCCCCCOCCCCCCCF. The highest BCUT2D eigenvalue weighted by Crippen LogP contribution is 2.05. The van der Waals surface area contributed by atoms with Crippen molar-refractivity contribution >= 4 is 0 Å². The Morgan fingerprint density at radius 3 is 1.24 bits per heavy atom. The lowest BCUT2D eigenvalue weighted by molar-refractivity contribution is 0.125. The van der Waals surface area contributed by atoms with E-state index in [4.69, 9.17) is 4.74 Å². The average molecular weight is 250 g/mol. The highest BCUT2D eigenvalue weighted by molar-refractivity contribution is 4.45. The minimum atomic E-state index is -0.182. The van der Waals surface area contributed by atoms with Gasteiger partial charge in [-0.1, -0.05) is 38.5 Å². The summed E-state index contributed by atoms with van der Waals surface area (Å²) in [6, 6.07) is 0. The number of hydrogen-bond donors (Lipinski definition) is 0. The molecule has 0 saturated heterocycles. The summed E-state index contributed by atoms with van der Waals surface area (Å²) in [6.45, 7) is 1.30. The van der Waals surface area contributed by atoms with Crippen LogP contribution in [0.25, 0.3) is 0 Å². The Morgan fingerprint density at radius 1 is 0.471 bits per heavy atom. The fraction of sp³-hybridized carbons (Fsp3) is 1.00. The van der Waals surface area contributed by atoms with Gasteiger partial charge < -0.3 is 4.74 Å². The molecule has 0 atom stereocenters. The van der Waals surface area contributed by atoms with Gasteiger partial charge in [0.1, 0.15) is 0 Å². The third-order valence-electron chi connectivity index (χ3n) is 2.84. The maximum absolute atomic E-state index is 11.8.